The van der Waals surface area contributed by atoms with Crippen molar-refractivity contribution in [3.63, 3.8) is 0 Å². The predicted octanol–water partition coefficient (Wildman–Crippen LogP) is 4.39. The molecule has 1 nitrogen and oxygen atoms in total. The smallest absolute Gasteiger partial charge is 0.107 e. The minimum absolute atomic E-state index is 0.463. The van der Waals surface area contributed by atoms with Crippen LogP contribution in [0.5, 0.6) is 0 Å². The summed E-state index contributed by atoms with van der Waals surface area (Å²) in [5.41, 5.74) is 1.18. The lowest BCUT2D eigenvalue weighted by Crippen LogP contribution is -1.88. The summed E-state index contributed by atoms with van der Waals surface area (Å²) >= 11 is 5.50. The number of aromatic nitrogens is 1. The third-order valence-corrected chi connectivity index (χ3v) is 4.51. The standard InChI is InChI=1S/C10H16BrNS/c1-4-5-6-9(11)10-12-7(2)8(3)13-10/h9H,4-6H2,1-3H3. The number of nitrogens with zero attached hydrogens (tertiary/aromatic N) is 1. The molecular weight excluding hydrogens is 246 g/mol. The van der Waals surface area contributed by atoms with Gasteiger partial charge in [-0.05, 0) is 20.3 Å². The van der Waals surface area contributed by atoms with Gasteiger partial charge in [0, 0.05) is 4.88 Å². The highest BCUT2D eigenvalue weighted by Crippen LogP contribution is 2.32. The lowest BCUT2D eigenvalue weighted by molar-refractivity contribution is 0.709. The van der Waals surface area contributed by atoms with E-state index in [0.717, 1.165) is 0 Å². The van der Waals surface area contributed by atoms with Crippen molar-refractivity contribution in [3.05, 3.63) is 15.6 Å². The van der Waals surface area contributed by atoms with Crippen molar-refractivity contribution in [2.45, 2.75) is 44.9 Å². The monoisotopic (exact) mass is 261 g/mol. The molecule has 1 unspecified atom stereocenters. The van der Waals surface area contributed by atoms with Crippen molar-refractivity contribution in [2.75, 3.05) is 0 Å². The van der Waals surface area contributed by atoms with Crippen molar-refractivity contribution in [1.29, 1.82) is 0 Å². The molecule has 1 atom stereocenters. The van der Waals surface area contributed by atoms with E-state index in [1.807, 2.05) is 11.3 Å². The molecule has 0 saturated carbocycles. The van der Waals surface area contributed by atoms with Crippen LogP contribution in [0.15, 0.2) is 0 Å². The van der Waals surface area contributed by atoms with E-state index in [9.17, 15) is 0 Å². The molecule has 74 valence electrons. The first-order valence-corrected chi connectivity index (χ1v) is 6.46. The van der Waals surface area contributed by atoms with Gasteiger partial charge in [0.05, 0.1) is 10.5 Å². The average Bonchev–Trinajstić information content (AvgIpc) is 2.43. The summed E-state index contributed by atoms with van der Waals surface area (Å²) in [4.78, 5) is 6.34. The van der Waals surface area contributed by atoms with E-state index in [-0.39, 0.29) is 0 Å². The fourth-order valence-corrected chi connectivity index (χ4v) is 2.78. The van der Waals surface area contributed by atoms with Crippen LogP contribution < -0.4 is 0 Å². The molecule has 0 aliphatic carbocycles. The van der Waals surface area contributed by atoms with E-state index in [1.54, 1.807) is 0 Å². The van der Waals surface area contributed by atoms with Gasteiger partial charge in [0.15, 0.2) is 0 Å². The van der Waals surface area contributed by atoms with Gasteiger partial charge in [-0.3, -0.25) is 0 Å². The quantitative estimate of drug-likeness (QED) is 0.733. The van der Waals surface area contributed by atoms with Gasteiger partial charge in [0.2, 0.25) is 0 Å². The highest BCUT2D eigenvalue weighted by Gasteiger charge is 2.12. The molecular formula is C10H16BrNS. The van der Waals surface area contributed by atoms with Gasteiger partial charge in [0.1, 0.15) is 5.01 Å². The maximum absolute atomic E-state index is 4.53. The Morgan fingerprint density at radius 2 is 2.15 bits per heavy atom. The van der Waals surface area contributed by atoms with Crippen LogP contribution in [0, 0.1) is 13.8 Å². The number of unbranched alkanes of at least 4 members (excludes halogenated alkanes) is 1. The molecule has 0 fully saturated rings. The van der Waals surface area contributed by atoms with Crippen molar-refractivity contribution in [3.8, 4) is 0 Å². The van der Waals surface area contributed by atoms with Crippen LogP contribution in [0.25, 0.3) is 0 Å². The number of aryl methyl sites for hydroxylation is 2. The van der Waals surface area contributed by atoms with Crippen molar-refractivity contribution < 1.29 is 0 Å². The lowest BCUT2D eigenvalue weighted by Gasteiger charge is -2.03. The molecule has 0 aliphatic rings. The lowest BCUT2D eigenvalue weighted by atomic mass is 10.2. The van der Waals surface area contributed by atoms with Gasteiger partial charge in [-0.25, -0.2) is 4.98 Å². The van der Waals surface area contributed by atoms with Gasteiger partial charge in [0.25, 0.3) is 0 Å². The Morgan fingerprint density at radius 1 is 1.46 bits per heavy atom. The normalized spacial score (nSPS) is 13.2. The predicted molar refractivity (Wildman–Crippen MR) is 62.8 cm³/mol. The third kappa shape index (κ3) is 3.06. The Kier molecular flexibility index (Phi) is 4.39. The summed E-state index contributed by atoms with van der Waals surface area (Å²) in [5, 5.41) is 1.24. The van der Waals surface area contributed by atoms with E-state index >= 15 is 0 Å². The second-order valence-electron chi connectivity index (χ2n) is 3.30. The SMILES string of the molecule is CCCCC(Br)c1nc(C)c(C)s1. The number of thiazole rings is 1. The first-order chi connectivity index (χ1) is 6.15. The van der Waals surface area contributed by atoms with E-state index in [4.69, 9.17) is 0 Å². The first-order valence-electron chi connectivity index (χ1n) is 4.73. The van der Waals surface area contributed by atoms with Gasteiger partial charge >= 0.3 is 0 Å². The molecule has 0 bridgehead atoms. The van der Waals surface area contributed by atoms with Crippen molar-refractivity contribution in [2.24, 2.45) is 0 Å². The summed E-state index contributed by atoms with van der Waals surface area (Å²) in [6, 6.07) is 0. The summed E-state index contributed by atoms with van der Waals surface area (Å²) in [7, 11) is 0. The summed E-state index contributed by atoms with van der Waals surface area (Å²) in [6.45, 7) is 6.43. The molecule has 0 amide bonds. The average molecular weight is 262 g/mol. The summed E-state index contributed by atoms with van der Waals surface area (Å²) < 4.78 is 0. The first kappa shape index (κ1) is 11.2. The second kappa shape index (κ2) is 5.11. The molecule has 0 radical (unpaired) electrons. The number of rotatable bonds is 4. The van der Waals surface area contributed by atoms with Crippen molar-refractivity contribution in [1.82, 2.24) is 4.98 Å². The minimum atomic E-state index is 0.463. The molecule has 1 heterocycles. The number of alkyl halides is 1. The second-order valence-corrected chi connectivity index (χ2v) is 5.64. The van der Waals surface area contributed by atoms with E-state index in [2.05, 4.69) is 41.7 Å². The van der Waals surface area contributed by atoms with Crippen LogP contribution >= 0.6 is 27.3 Å². The molecule has 1 rings (SSSR count). The minimum Gasteiger partial charge on any atom is -0.245 e. The molecule has 0 N–H and O–H groups in total. The Hall–Kier alpha value is 0.110. The highest BCUT2D eigenvalue weighted by molar-refractivity contribution is 9.09. The van der Waals surface area contributed by atoms with E-state index < -0.39 is 0 Å². The molecule has 1 aromatic rings. The Bertz CT molecular complexity index is 250. The van der Waals surface area contributed by atoms with Gasteiger partial charge in [-0.2, -0.15) is 0 Å². The molecule has 3 heteroatoms. The maximum Gasteiger partial charge on any atom is 0.107 e. The third-order valence-electron chi connectivity index (χ3n) is 2.12. The van der Waals surface area contributed by atoms with Gasteiger partial charge in [-0.1, -0.05) is 35.7 Å². The van der Waals surface area contributed by atoms with Crippen LogP contribution in [-0.2, 0) is 0 Å². The van der Waals surface area contributed by atoms with Crippen molar-refractivity contribution >= 4 is 27.3 Å². The molecule has 0 aliphatic heterocycles. The molecule has 0 aromatic carbocycles. The molecule has 0 spiro atoms. The van der Waals surface area contributed by atoms with Crippen LogP contribution in [0.2, 0.25) is 0 Å². The number of hydrogen-bond donors (Lipinski definition) is 0. The van der Waals surface area contributed by atoms with Crippen LogP contribution in [0.3, 0.4) is 0 Å². The fourth-order valence-electron chi connectivity index (χ4n) is 1.14. The van der Waals surface area contributed by atoms with E-state index in [1.165, 1.54) is 34.8 Å². The number of halogens is 1. The largest absolute Gasteiger partial charge is 0.245 e. The Morgan fingerprint density at radius 3 is 2.62 bits per heavy atom. The van der Waals surface area contributed by atoms with Crippen LogP contribution in [-0.4, -0.2) is 4.98 Å². The topological polar surface area (TPSA) is 12.9 Å². The summed E-state index contributed by atoms with van der Waals surface area (Å²) in [6.07, 6.45) is 3.72. The zero-order valence-electron chi connectivity index (χ0n) is 8.43. The zero-order chi connectivity index (χ0) is 9.84. The number of hydrogen-bond acceptors (Lipinski definition) is 2. The highest BCUT2D eigenvalue weighted by atomic mass is 79.9. The van der Waals surface area contributed by atoms with Gasteiger partial charge in [-0.15, -0.1) is 11.3 Å². The van der Waals surface area contributed by atoms with Crippen LogP contribution in [0.4, 0.5) is 0 Å². The van der Waals surface area contributed by atoms with Gasteiger partial charge < -0.3 is 0 Å². The maximum atomic E-state index is 4.53. The molecule has 13 heavy (non-hydrogen) atoms. The summed E-state index contributed by atoms with van der Waals surface area (Å²) in [5.74, 6) is 0. The molecule has 1 aromatic heterocycles. The zero-order valence-corrected chi connectivity index (χ0v) is 10.8. The Labute approximate surface area is 92.7 Å². The Balaban J connectivity index is 2.60. The van der Waals surface area contributed by atoms with E-state index in [0.29, 0.717) is 4.83 Å². The fraction of sp³-hybridized carbons (Fsp3) is 0.700. The van der Waals surface area contributed by atoms with Crippen LogP contribution in [0.1, 0.15) is 46.6 Å². The molecule has 0 saturated heterocycles.